The van der Waals surface area contributed by atoms with E-state index in [1.807, 2.05) is 0 Å². The molecule has 3 aliphatic rings. The van der Waals surface area contributed by atoms with Gasteiger partial charge in [-0.05, 0) is 43.4 Å². The molecule has 154 valence electrons. The highest BCUT2D eigenvalue weighted by Gasteiger charge is 2.46. The zero-order valence-corrected chi connectivity index (χ0v) is 16.6. The lowest BCUT2D eigenvalue weighted by Gasteiger charge is -2.37. The van der Waals surface area contributed by atoms with Crippen LogP contribution in [0.15, 0.2) is 18.2 Å². The summed E-state index contributed by atoms with van der Waals surface area (Å²) in [6, 6.07) is 5.15. The zero-order valence-electron chi connectivity index (χ0n) is 15.8. The summed E-state index contributed by atoms with van der Waals surface area (Å²) in [5.41, 5.74) is 1.35. The molecule has 4 atom stereocenters. The number of sulfonamides is 1. The van der Waals surface area contributed by atoms with Crippen molar-refractivity contribution in [1.82, 2.24) is 5.32 Å². The fourth-order valence-electron chi connectivity index (χ4n) is 4.03. The van der Waals surface area contributed by atoms with Crippen molar-refractivity contribution < 1.29 is 27.8 Å². The van der Waals surface area contributed by atoms with E-state index in [2.05, 4.69) is 10.0 Å². The lowest BCUT2D eigenvalue weighted by molar-refractivity contribution is -0.142. The van der Waals surface area contributed by atoms with Gasteiger partial charge in [-0.1, -0.05) is 0 Å². The Morgan fingerprint density at radius 1 is 1.32 bits per heavy atom. The molecule has 9 heteroatoms. The van der Waals surface area contributed by atoms with Gasteiger partial charge in [0.2, 0.25) is 15.9 Å². The van der Waals surface area contributed by atoms with E-state index in [0.29, 0.717) is 30.3 Å². The monoisotopic (exact) mass is 410 g/mol. The molecule has 3 N–H and O–H groups in total. The minimum atomic E-state index is -3.38. The average molecular weight is 410 g/mol. The van der Waals surface area contributed by atoms with Crippen LogP contribution in [0, 0.1) is 5.92 Å². The van der Waals surface area contributed by atoms with Crippen LogP contribution in [-0.2, 0) is 19.6 Å². The van der Waals surface area contributed by atoms with Crippen molar-refractivity contribution in [2.24, 2.45) is 5.92 Å². The molecule has 1 aromatic rings. The smallest absolute Gasteiger partial charge is 0.229 e. The summed E-state index contributed by atoms with van der Waals surface area (Å²) in [5, 5.41) is 12.7. The Balaban J connectivity index is 1.48. The van der Waals surface area contributed by atoms with Gasteiger partial charge in [0.15, 0.2) is 0 Å². The number of benzene rings is 1. The first-order valence-corrected chi connectivity index (χ1v) is 11.5. The summed E-state index contributed by atoms with van der Waals surface area (Å²) < 4.78 is 37.5. The van der Waals surface area contributed by atoms with Crippen LogP contribution in [0.25, 0.3) is 0 Å². The second-order valence-corrected chi connectivity index (χ2v) is 9.73. The molecule has 1 saturated carbocycles. The molecular formula is C19H26N2O6S. The lowest BCUT2D eigenvalue weighted by atomic mass is 9.84. The van der Waals surface area contributed by atoms with Crippen LogP contribution < -0.4 is 14.8 Å². The largest absolute Gasteiger partial charge is 0.487 e. The van der Waals surface area contributed by atoms with E-state index in [4.69, 9.17) is 9.47 Å². The van der Waals surface area contributed by atoms with Gasteiger partial charge in [-0.25, -0.2) is 8.42 Å². The molecule has 0 unspecified atom stereocenters. The quantitative estimate of drug-likeness (QED) is 0.617. The number of amides is 1. The third-order valence-corrected chi connectivity index (χ3v) is 6.11. The van der Waals surface area contributed by atoms with Crippen molar-refractivity contribution in [2.45, 2.75) is 49.9 Å². The molecular weight excluding hydrogens is 384 g/mol. The third-order valence-electron chi connectivity index (χ3n) is 5.50. The van der Waals surface area contributed by atoms with Gasteiger partial charge in [0.1, 0.15) is 18.0 Å². The maximum atomic E-state index is 12.2. The van der Waals surface area contributed by atoms with Gasteiger partial charge in [0.05, 0.1) is 25.4 Å². The predicted octanol–water partition coefficient (Wildman–Crippen LogP) is 0.969. The molecule has 1 aromatic carbocycles. The number of nitrogens with one attached hydrogen (secondary N) is 2. The number of ether oxygens (including phenoxy) is 2. The third kappa shape index (κ3) is 4.42. The molecule has 1 aliphatic carbocycles. The SMILES string of the molecule is CS(=O)(=O)Nc1ccc2c(c1)[C@@H]1C[C@H](CC(=O)NCC3CC3)O[C@H](CO)[C@@H]1O2. The summed E-state index contributed by atoms with van der Waals surface area (Å²) >= 11 is 0. The van der Waals surface area contributed by atoms with E-state index in [9.17, 15) is 18.3 Å². The molecule has 0 spiro atoms. The zero-order chi connectivity index (χ0) is 19.9. The number of rotatable bonds is 7. The summed E-state index contributed by atoms with van der Waals surface area (Å²) in [5.74, 6) is 1.17. The molecule has 2 aliphatic heterocycles. The van der Waals surface area contributed by atoms with Crippen molar-refractivity contribution in [1.29, 1.82) is 0 Å². The maximum Gasteiger partial charge on any atom is 0.229 e. The maximum absolute atomic E-state index is 12.2. The lowest BCUT2D eigenvalue weighted by Crippen LogP contribution is -2.47. The number of hydrogen-bond acceptors (Lipinski definition) is 6. The van der Waals surface area contributed by atoms with Crippen LogP contribution in [0.5, 0.6) is 5.75 Å². The van der Waals surface area contributed by atoms with Gasteiger partial charge in [-0.3, -0.25) is 9.52 Å². The fraction of sp³-hybridized carbons (Fsp3) is 0.632. The second-order valence-electron chi connectivity index (χ2n) is 7.98. The predicted molar refractivity (Wildman–Crippen MR) is 103 cm³/mol. The molecule has 2 heterocycles. The number of anilines is 1. The van der Waals surface area contributed by atoms with Crippen molar-refractivity contribution in [2.75, 3.05) is 24.1 Å². The van der Waals surface area contributed by atoms with E-state index >= 15 is 0 Å². The highest BCUT2D eigenvalue weighted by Crippen LogP contribution is 2.47. The molecule has 0 radical (unpaired) electrons. The normalized spacial score (nSPS) is 28.8. The number of carbonyl (C=O) groups excluding carboxylic acids is 1. The summed E-state index contributed by atoms with van der Waals surface area (Å²) in [6.07, 6.45) is 3.07. The van der Waals surface area contributed by atoms with Gasteiger partial charge in [-0.2, -0.15) is 0 Å². The van der Waals surface area contributed by atoms with Crippen LogP contribution >= 0.6 is 0 Å². The van der Waals surface area contributed by atoms with Gasteiger partial charge >= 0.3 is 0 Å². The second kappa shape index (κ2) is 7.53. The number of fused-ring (bicyclic) bond motifs is 3. The Hall–Kier alpha value is -1.84. The van der Waals surface area contributed by atoms with Crippen LogP contribution in [0.2, 0.25) is 0 Å². The number of hydrogen-bond donors (Lipinski definition) is 3. The van der Waals surface area contributed by atoms with Gasteiger partial charge < -0.3 is 19.9 Å². The first-order valence-electron chi connectivity index (χ1n) is 9.64. The number of aliphatic hydroxyl groups is 1. The van der Waals surface area contributed by atoms with Crippen LogP contribution in [-0.4, -0.2) is 57.2 Å². The Morgan fingerprint density at radius 2 is 2.11 bits per heavy atom. The average Bonchev–Trinajstić information content (AvgIpc) is 3.39. The summed E-state index contributed by atoms with van der Waals surface area (Å²) in [6.45, 7) is 0.511. The van der Waals surface area contributed by atoms with Crippen molar-refractivity contribution in [3.8, 4) is 5.75 Å². The number of carbonyl (C=O) groups is 1. The van der Waals surface area contributed by atoms with Crippen LogP contribution in [0.3, 0.4) is 0 Å². The van der Waals surface area contributed by atoms with Crippen molar-refractivity contribution in [3.05, 3.63) is 23.8 Å². The topological polar surface area (TPSA) is 114 Å². The molecule has 4 rings (SSSR count). The minimum absolute atomic E-state index is 0.0429. The van der Waals surface area contributed by atoms with Gasteiger partial charge in [0, 0.05) is 23.7 Å². The highest BCUT2D eigenvalue weighted by atomic mass is 32.2. The molecule has 1 amide bonds. The number of aliphatic hydroxyl groups excluding tert-OH is 1. The molecule has 0 bridgehead atoms. The van der Waals surface area contributed by atoms with E-state index in [1.165, 1.54) is 12.8 Å². The molecule has 2 fully saturated rings. The molecule has 0 aromatic heterocycles. The Kier molecular flexibility index (Phi) is 5.24. The van der Waals surface area contributed by atoms with Crippen molar-refractivity contribution >= 4 is 21.6 Å². The van der Waals surface area contributed by atoms with Gasteiger partial charge in [-0.15, -0.1) is 0 Å². The van der Waals surface area contributed by atoms with E-state index in [1.54, 1.807) is 18.2 Å². The van der Waals surface area contributed by atoms with Gasteiger partial charge in [0.25, 0.3) is 0 Å². The Morgan fingerprint density at radius 3 is 2.79 bits per heavy atom. The van der Waals surface area contributed by atoms with Crippen molar-refractivity contribution in [3.63, 3.8) is 0 Å². The summed E-state index contributed by atoms with van der Waals surface area (Å²) in [4.78, 5) is 12.2. The summed E-state index contributed by atoms with van der Waals surface area (Å²) in [7, 11) is -3.38. The first kappa shape index (κ1) is 19.5. The Labute approximate surface area is 164 Å². The molecule has 1 saturated heterocycles. The van der Waals surface area contributed by atoms with E-state index < -0.39 is 16.1 Å². The fourth-order valence-corrected chi connectivity index (χ4v) is 4.58. The Bertz CT molecular complexity index is 854. The van der Waals surface area contributed by atoms with Crippen LogP contribution in [0.1, 0.15) is 37.2 Å². The standard InChI is InChI=1S/C19H26N2O6S/c1-28(24,25)21-12-4-5-16-14(6-12)15-7-13(26-17(10-22)19(15)27-16)8-18(23)20-9-11-2-3-11/h4-6,11,13,15,17,19,21-22H,2-3,7-10H2,1H3,(H,20,23)/t13-,15+,17-,19-/m1/s1. The first-order chi connectivity index (χ1) is 13.3. The van der Waals surface area contributed by atoms with E-state index in [0.717, 1.165) is 11.8 Å². The van der Waals surface area contributed by atoms with Crippen LogP contribution in [0.4, 0.5) is 5.69 Å². The molecule has 8 nitrogen and oxygen atoms in total. The van der Waals surface area contributed by atoms with E-state index in [-0.39, 0.29) is 37.1 Å². The molecule has 28 heavy (non-hydrogen) atoms. The highest BCUT2D eigenvalue weighted by molar-refractivity contribution is 7.92. The minimum Gasteiger partial charge on any atom is -0.487 e.